The second kappa shape index (κ2) is 8.68. The maximum absolute atomic E-state index is 11.9. The van der Waals surface area contributed by atoms with Crippen molar-refractivity contribution in [2.45, 2.75) is 13.3 Å². The fraction of sp³-hybridized carbons (Fsp3) is 0.278. The summed E-state index contributed by atoms with van der Waals surface area (Å²) in [4.78, 5) is 11.9. The number of hydrogen-bond donors (Lipinski definition) is 1. The van der Waals surface area contributed by atoms with E-state index in [0.29, 0.717) is 18.1 Å². The first kappa shape index (κ1) is 16.7. The second-order valence-corrected chi connectivity index (χ2v) is 4.75. The Morgan fingerprint density at radius 1 is 1.00 bits per heavy atom. The number of ether oxygens (including phenoxy) is 3. The molecule has 5 heteroatoms. The van der Waals surface area contributed by atoms with Gasteiger partial charge in [0.1, 0.15) is 5.75 Å². The third-order valence-electron chi connectivity index (χ3n) is 3.10. The van der Waals surface area contributed by atoms with Gasteiger partial charge in [0.25, 0.3) is 0 Å². The van der Waals surface area contributed by atoms with E-state index in [9.17, 15) is 4.79 Å². The average molecular weight is 315 g/mol. The summed E-state index contributed by atoms with van der Waals surface area (Å²) in [5.41, 5.74) is 0.732. The van der Waals surface area contributed by atoms with Crippen LogP contribution in [0.25, 0.3) is 0 Å². The van der Waals surface area contributed by atoms with Crippen molar-refractivity contribution in [3.63, 3.8) is 0 Å². The van der Waals surface area contributed by atoms with E-state index in [0.717, 1.165) is 11.4 Å². The van der Waals surface area contributed by atoms with Gasteiger partial charge in [-0.1, -0.05) is 12.1 Å². The quantitative estimate of drug-likeness (QED) is 0.810. The monoisotopic (exact) mass is 315 g/mol. The number of methoxy groups -OCH3 is 1. The van der Waals surface area contributed by atoms with Gasteiger partial charge in [-0.2, -0.15) is 0 Å². The molecule has 0 unspecified atom stereocenters. The third kappa shape index (κ3) is 5.21. The van der Waals surface area contributed by atoms with Gasteiger partial charge in [-0.05, 0) is 43.3 Å². The number of anilines is 1. The number of hydrogen-bond acceptors (Lipinski definition) is 4. The zero-order chi connectivity index (χ0) is 16.5. The van der Waals surface area contributed by atoms with Crippen molar-refractivity contribution in [1.29, 1.82) is 0 Å². The lowest BCUT2D eigenvalue weighted by atomic mass is 10.3. The van der Waals surface area contributed by atoms with Crippen LogP contribution in [0, 0.1) is 0 Å². The van der Waals surface area contributed by atoms with E-state index < -0.39 is 0 Å². The average Bonchev–Trinajstić information content (AvgIpc) is 2.57. The molecule has 0 bridgehead atoms. The van der Waals surface area contributed by atoms with Crippen LogP contribution < -0.4 is 19.5 Å². The molecule has 0 saturated heterocycles. The SMILES string of the molecule is CCOc1ccc(NC(=O)CCOc2ccccc2OC)cc1. The van der Waals surface area contributed by atoms with E-state index in [1.165, 1.54) is 0 Å². The molecule has 0 fully saturated rings. The van der Waals surface area contributed by atoms with Crippen molar-refractivity contribution < 1.29 is 19.0 Å². The third-order valence-corrected chi connectivity index (χ3v) is 3.10. The molecule has 0 radical (unpaired) electrons. The summed E-state index contributed by atoms with van der Waals surface area (Å²) in [7, 11) is 1.58. The molecule has 122 valence electrons. The maximum Gasteiger partial charge on any atom is 0.227 e. The Kier molecular flexibility index (Phi) is 6.29. The van der Waals surface area contributed by atoms with Crippen molar-refractivity contribution in [3.05, 3.63) is 48.5 Å². The van der Waals surface area contributed by atoms with Crippen LogP contribution in [0.15, 0.2) is 48.5 Å². The van der Waals surface area contributed by atoms with Crippen molar-refractivity contribution in [2.24, 2.45) is 0 Å². The molecule has 0 heterocycles. The molecule has 2 aromatic rings. The maximum atomic E-state index is 11.9. The van der Waals surface area contributed by atoms with Crippen molar-refractivity contribution in [3.8, 4) is 17.2 Å². The number of carbonyl (C=O) groups excluding carboxylic acids is 1. The molecule has 23 heavy (non-hydrogen) atoms. The molecule has 0 aliphatic heterocycles. The van der Waals surface area contributed by atoms with Gasteiger partial charge in [-0.15, -0.1) is 0 Å². The molecule has 0 atom stereocenters. The van der Waals surface area contributed by atoms with Crippen LogP contribution in [-0.4, -0.2) is 26.2 Å². The van der Waals surface area contributed by atoms with E-state index in [1.807, 2.05) is 55.5 Å². The molecule has 1 amide bonds. The lowest BCUT2D eigenvalue weighted by molar-refractivity contribution is -0.116. The number of nitrogens with one attached hydrogen (secondary N) is 1. The molecule has 1 N–H and O–H groups in total. The number of carbonyl (C=O) groups is 1. The van der Waals surface area contributed by atoms with Gasteiger partial charge in [-0.3, -0.25) is 4.79 Å². The van der Waals surface area contributed by atoms with Crippen LogP contribution in [0.4, 0.5) is 5.69 Å². The highest BCUT2D eigenvalue weighted by molar-refractivity contribution is 5.90. The highest BCUT2D eigenvalue weighted by atomic mass is 16.5. The van der Waals surface area contributed by atoms with Crippen molar-refractivity contribution in [2.75, 3.05) is 25.6 Å². The number of para-hydroxylation sites is 2. The minimum absolute atomic E-state index is 0.107. The predicted octanol–water partition coefficient (Wildman–Crippen LogP) is 3.50. The molecule has 5 nitrogen and oxygen atoms in total. The summed E-state index contributed by atoms with van der Waals surface area (Å²) < 4.78 is 16.1. The number of rotatable bonds is 8. The highest BCUT2D eigenvalue weighted by Gasteiger charge is 2.06. The summed E-state index contributed by atoms with van der Waals surface area (Å²) >= 11 is 0. The van der Waals surface area contributed by atoms with Crippen molar-refractivity contribution >= 4 is 11.6 Å². The minimum atomic E-state index is -0.107. The lowest BCUT2D eigenvalue weighted by Crippen LogP contribution is -2.15. The van der Waals surface area contributed by atoms with E-state index in [1.54, 1.807) is 7.11 Å². The van der Waals surface area contributed by atoms with Gasteiger partial charge < -0.3 is 19.5 Å². The van der Waals surface area contributed by atoms with E-state index in [-0.39, 0.29) is 18.9 Å². The first-order valence-electron chi connectivity index (χ1n) is 7.51. The van der Waals surface area contributed by atoms with Crippen LogP contribution in [-0.2, 0) is 4.79 Å². The summed E-state index contributed by atoms with van der Waals surface area (Å²) in [5, 5.41) is 2.82. The van der Waals surface area contributed by atoms with Crippen LogP contribution in [0.2, 0.25) is 0 Å². The number of benzene rings is 2. The summed E-state index contributed by atoms with van der Waals surface area (Å²) in [5.74, 6) is 1.96. The minimum Gasteiger partial charge on any atom is -0.494 e. The zero-order valence-electron chi connectivity index (χ0n) is 13.4. The van der Waals surface area contributed by atoms with Gasteiger partial charge in [-0.25, -0.2) is 0 Å². The Labute approximate surface area is 136 Å². The van der Waals surface area contributed by atoms with Gasteiger partial charge in [0.15, 0.2) is 11.5 Å². The molecule has 0 saturated carbocycles. The highest BCUT2D eigenvalue weighted by Crippen LogP contribution is 2.25. The molecule has 0 spiro atoms. The Balaban J connectivity index is 1.78. The smallest absolute Gasteiger partial charge is 0.227 e. The van der Waals surface area contributed by atoms with Crippen molar-refractivity contribution in [1.82, 2.24) is 0 Å². The first-order valence-corrected chi connectivity index (χ1v) is 7.51. The normalized spacial score (nSPS) is 10.0. The van der Waals surface area contributed by atoms with E-state index in [4.69, 9.17) is 14.2 Å². The summed E-state index contributed by atoms with van der Waals surface area (Å²) in [6, 6.07) is 14.6. The van der Waals surface area contributed by atoms with E-state index in [2.05, 4.69) is 5.32 Å². The summed E-state index contributed by atoms with van der Waals surface area (Å²) in [6.07, 6.45) is 0.255. The molecular formula is C18H21NO4. The zero-order valence-corrected chi connectivity index (χ0v) is 13.4. The Morgan fingerprint density at radius 2 is 1.70 bits per heavy atom. The number of amides is 1. The Hall–Kier alpha value is -2.69. The van der Waals surface area contributed by atoms with Gasteiger partial charge in [0.2, 0.25) is 5.91 Å². The van der Waals surface area contributed by atoms with Crippen LogP contribution >= 0.6 is 0 Å². The standard InChI is InChI=1S/C18H21NO4/c1-3-22-15-10-8-14(9-11-15)19-18(20)12-13-23-17-7-5-4-6-16(17)21-2/h4-11H,3,12-13H2,1-2H3,(H,19,20). The second-order valence-electron chi connectivity index (χ2n) is 4.75. The molecule has 0 aromatic heterocycles. The molecule has 0 aliphatic carbocycles. The fourth-order valence-electron chi connectivity index (χ4n) is 2.02. The fourth-order valence-corrected chi connectivity index (χ4v) is 2.02. The molecular weight excluding hydrogens is 294 g/mol. The van der Waals surface area contributed by atoms with Gasteiger partial charge >= 0.3 is 0 Å². The van der Waals surface area contributed by atoms with Crippen LogP contribution in [0.1, 0.15) is 13.3 Å². The lowest BCUT2D eigenvalue weighted by Gasteiger charge is -2.10. The topological polar surface area (TPSA) is 56.8 Å². The Morgan fingerprint density at radius 3 is 2.35 bits per heavy atom. The molecule has 0 aliphatic rings. The van der Waals surface area contributed by atoms with E-state index >= 15 is 0 Å². The van der Waals surface area contributed by atoms with Crippen LogP contribution in [0.3, 0.4) is 0 Å². The molecule has 2 aromatic carbocycles. The summed E-state index contributed by atoms with van der Waals surface area (Å²) in [6.45, 7) is 2.83. The Bertz CT molecular complexity index is 625. The largest absolute Gasteiger partial charge is 0.494 e. The molecule has 2 rings (SSSR count). The van der Waals surface area contributed by atoms with Gasteiger partial charge in [0, 0.05) is 5.69 Å². The van der Waals surface area contributed by atoms with Gasteiger partial charge in [0.05, 0.1) is 26.7 Å². The van der Waals surface area contributed by atoms with Crippen LogP contribution in [0.5, 0.6) is 17.2 Å². The predicted molar refractivity (Wildman–Crippen MR) is 89.3 cm³/mol. The first-order chi connectivity index (χ1) is 11.2.